The van der Waals surface area contributed by atoms with Crippen molar-refractivity contribution < 1.29 is 18.4 Å². The number of nitrogens with two attached hydrogens (primary N) is 1. The second-order valence-corrected chi connectivity index (χ2v) is 7.45. The van der Waals surface area contributed by atoms with Crippen LogP contribution in [0.1, 0.15) is 29.8 Å². The summed E-state index contributed by atoms with van der Waals surface area (Å²) in [6.07, 6.45) is 0. The number of amides is 2. The van der Waals surface area contributed by atoms with Crippen LogP contribution in [0.4, 0.5) is 14.5 Å². The molecule has 3 rings (SSSR count). The highest BCUT2D eigenvalue weighted by molar-refractivity contribution is 5.95. The molecule has 1 aliphatic heterocycles. The van der Waals surface area contributed by atoms with Gasteiger partial charge in [0.1, 0.15) is 11.6 Å². The first-order valence-electron chi connectivity index (χ1n) is 9.10. The van der Waals surface area contributed by atoms with E-state index in [-0.39, 0.29) is 28.9 Å². The van der Waals surface area contributed by atoms with Crippen LogP contribution in [-0.4, -0.2) is 47.8 Å². The second-order valence-electron chi connectivity index (χ2n) is 7.45. The molecule has 0 atom stereocenters. The van der Waals surface area contributed by atoms with Crippen LogP contribution in [0.5, 0.6) is 0 Å². The van der Waals surface area contributed by atoms with Gasteiger partial charge in [-0.05, 0) is 49.7 Å². The minimum atomic E-state index is -0.806. The van der Waals surface area contributed by atoms with Crippen LogP contribution < -0.4 is 5.73 Å². The van der Waals surface area contributed by atoms with E-state index in [1.807, 2.05) is 0 Å². The predicted octanol–water partition coefficient (Wildman–Crippen LogP) is 2.81. The fourth-order valence-electron chi connectivity index (χ4n) is 3.34. The quantitative estimate of drug-likeness (QED) is 0.824. The summed E-state index contributed by atoms with van der Waals surface area (Å²) in [4.78, 5) is 28.9. The molecule has 0 saturated carbocycles. The van der Waals surface area contributed by atoms with Gasteiger partial charge in [-0.15, -0.1) is 0 Å². The van der Waals surface area contributed by atoms with Crippen molar-refractivity contribution >= 4 is 17.5 Å². The Hall–Kier alpha value is -2.96. The topological polar surface area (TPSA) is 66.6 Å². The molecule has 148 valence electrons. The molecule has 1 heterocycles. The number of hydrogen-bond donors (Lipinski definition) is 1. The molecule has 2 amide bonds. The number of halogens is 2. The summed E-state index contributed by atoms with van der Waals surface area (Å²) >= 11 is 0. The second kappa shape index (κ2) is 7.58. The number of piperazine rings is 1. The molecule has 2 aromatic carbocycles. The van der Waals surface area contributed by atoms with E-state index in [9.17, 15) is 18.4 Å². The predicted molar refractivity (Wildman–Crippen MR) is 103 cm³/mol. The van der Waals surface area contributed by atoms with Crippen molar-refractivity contribution in [3.8, 4) is 0 Å². The largest absolute Gasteiger partial charge is 0.396 e. The van der Waals surface area contributed by atoms with Crippen molar-refractivity contribution in [2.75, 3.05) is 31.9 Å². The lowest BCUT2D eigenvalue weighted by Gasteiger charge is -2.38. The number of nitrogen functional groups attached to an aromatic ring is 1. The molecule has 2 aromatic rings. The van der Waals surface area contributed by atoms with Gasteiger partial charge in [0.05, 0.1) is 11.1 Å². The molecule has 0 bridgehead atoms. The average Bonchev–Trinajstić information content (AvgIpc) is 2.69. The molecule has 1 saturated heterocycles. The summed E-state index contributed by atoms with van der Waals surface area (Å²) in [5, 5.41) is 0. The number of benzene rings is 2. The van der Waals surface area contributed by atoms with Crippen LogP contribution in [0.15, 0.2) is 42.5 Å². The van der Waals surface area contributed by atoms with Crippen molar-refractivity contribution in [3.63, 3.8) is 0 Å². The van der Waals surface area contributed by atoms with Gasteiger partial charge < -0.3 is 15.5 Å². The zero-order chi connectivity index (χ0) is 20.5. The third-order valence-electron chi connectivity index (χ3n) is 5.20. The molecule has 0 radical (unpaired) electrons. The van der Waals surface area contributed by atoms with Gasteiger partial charge in [-0.3, -0.25) is 9.59 Å². The van der Waals surface area contributed by atoms with Gasteiger partial charge in [0.15, 0.2) is 0 Å². The zero-order valence-corrected chi connectivity index (χ0v) is 15.9. The number of nitrogens with zero attached hydrogens (tertiary/aromatic N) is 2. The lowest BCUT2D eigenvalue weighted by atomic mass is 9.83. The van der Waals surface area contributed by atoms with Crippen LogP contribution in [0.25, 0.3) is 0 Å². The van der Waals surface area contributed by atoms with E-state index in [1.54, 1.807) is 35.8 Å². The minimum Gasteiger partial charge on any atom is -0.396 e. The Labute approximate surface area is 162 Å². The van der Waals surface area contributed by atoms with Crippen LogP contribution in [0.2, 0.25) is 0 Å². The Morgan fingerprint density at radius 3 is 2.07 bits per heavy atom. The summed E-state index contributed by atoms with van der Waals surface area (Å²) in [6.45, 7) is 5.08. The highest BCUT2D eigenvalue weighted by Crippen LogP contribution is 2.27. The standard InChI is InChI=1S/C21H23F2N3O2/c1-21(2,15-4-6-16(22)7-5-15)20(28)26-11-9-25(10-12-26)19(27)14-3-8-18(24)17(23)13-14/h3-8,13H,9-12,24H2,1-2H3. The fourth-order valence-corrected chi connectivity index (χ4v) is 3.34. The van der Waals surface area contributed by atoms with Crippen LogP contribution >= 0.6 is 0 Å². The first-order chi connectivity index (χ1) is 13.2. The van der Waals surface area contributed by atoms with Gasteiger partial charge in [-0.2, -0.15) is 0 Å². The smallest absolute Gasteiger partial charge is 0.254 e. The van der Waals surface area contributed by atoms with Crippen molar-refractivity contribution in [3.05, 3.63) is 65.2 Å². The van der Waals surface area contributed by atoms with Gasteiger partial charge in [0, 0.05) is 31.7 Å². The number of anilines is 1. The Bertz CT molecular complexity index is 889. The van der Waals surface area contributed by atoms with Gasteiger partial charge in [0.2, 0.25) is 5.91 Å². The lowest BCUT2D eigenvalue weighted by molar-refractivity contribution is -0.137. The molecule has 28 heavy (non-hydrogen) atoms. The molecule has 0 spiro atoms. The summed E-state index contributed by atoms with van der Waals surface area (Å²) in [5.74, 6) is -1.34. The fraction of sp³-hybridized carbons (Fsp3) is 0.333. The van der Waals surface area contributed by atoms with Crippen LogP contribution in [0.3, 0.4) is 0 Å². The first-order valence-corrected chi connectivity index (χ1v) is 9.10. The molecule has 0 aliphatic carbocycles. The molecule has 7 heteroatoms. The molecule has 0 aromatic heterocycles. The van der Waals surface area contributed by atoms with Gasteiger partial charge >= 0.3 is 0 Å². The number of rotatable bonds is 3. The van der Waals surface area contributed by atoms with Gasteiger partial charge in [0.25, 0.3) is 5.91 Å². The van der Waals surface area contributed by atoms with E-state index in [0.717, 1.165) is 11.6 Å². The third kappa shape index (κ3) is 3.83. The Balaban J connectivity index is 1.65. The Morgan fingerprint density at radius 1 is 0.929 bits per heavy atom. The molecular weight excluding hydrogens is 364 g/mol. The van der Waals surface area contributed by atoms with Crippen LogP contribution in [0, 0.1) is 11.6 Å². The zero-order valence-electron chi connectivity index (χ0n) is 15.9. The summed E-state index contributed by atoms with van der Waals surface area (Å²) in [6, 6.07) is 9.90. The monoisotopic (exact) mass is 387 g/mol. The highest BCUT2D eigenvalue weighted by atomic mass is 19.1. The molecular formula is C21H23F2N3O2. The van der Waals surface area contributed by atoms with Crippen molar-refractivity contribution in [1.29, 1.82) is 0 Å². The summed E-state index contributed by atoms with van der Waals surface area (Å²) < 4.78 is 26.8. The average molecular weight is 387 g/mol. The molecule has 5 nitrogen and oxygen atoms in total. The number of carbonyl (C=O) groups is 2. The van der Waals surface area contributed by atoms with E-state index in [0.29, 0.717) is 26.2 Å². The summed E-state index contributed by atoms with van der Waals surface area (Å²) in [5.41, 5.74) is 5.61. The normalized spacial score (nSPS) is 14.9. The maximum atomic E-state index is 13.6. The van der Waals surface area contributed by atoms with E-state index in [2.05, 4.69) is 0 Å². The van der Waals surface area contributed by atoms with Gasteiger partial charge in [-0.1, -0.05) is 12.1 Å². The van der Waals surface area contributed by atoms with E-state index < -0.39 is 11.2 Å². The molecule has 1 aliphatic rings. The van der Waals surface area contributed by atoms with Crippen LogP contribution in [-0.2, 0) is 10.2 Å². The number of carbonyl (C=O) groups excluding carboxylic acids is 2. The first kappa shape index (κ1) is 19.8. The summed E-state index contributed by atoms with van der Waals surface area (Å²) in [7, 11) is 0. The van der Waals surface area contributed by atoms with Gasteiger partial charge in [-0.25, -0.2) is 8.78 Å². The maximum Gasteiger partial charge on any atom is 0.254 e. The molecule has 0 unspecified atom stereocenters. The number of hydrogen-bond acceptors (Lipinski definition) is 3. The maximum absolute atomic E-state index is 13.6. The highest BCUT2D eigenvalue weighted by Gasteiger charge is 2.35. The van der Waals surface area contributed by atoms with E-state index in [4.69, 9.17) is 5.73 Å². The van der Waals surface area contributed by atoms with E-state index >= 15 is 0 Å². The van der Waals surface area contributed by atoms with Crippen molar-refractivity contribution in [2.24, 2.45) is 0 Å². The van der Waals surface area contributed by atoms with Crippen molar-refractivity contribution in [2.45, 2.75) is 19.3 Å². The Kier molecular flexibility index (Phi) is 5.36. The molecule has 2 N–H and O–H groups in total. The third-order valence-corrected chi connectivity index (χ3v) is 5.20. The Morgan fingerprint density at radius 2 is 1.50 bits per heavy atom. The van der Waals surface area contributed by atoms with Crippen molar-refractivity contribution in [1.82, 2.24) is 9.80 Å². The lowest BCUT2D eigenvalue weighted by Crippen LogP contribution is -2.54. The molecule has 1 fully saturated rings. The van der Waals surface area contributed by atoms with E-state index in [1.165, 1.54) is 24.3 Å². The minimum absolute atomic E-state index is 0.00464. The SMILES string of the molecule is CC(C)(C(=O)N1CCN(C(=O)c2ccc(N)c(F)c2)CC1)c1ccc(F)cc1.